The topological polar surface area (TPSA) is 47.4 Å². The lowest BCUT2D eigenvalue weighted by Crippen LogP contribution is -2.41. The summed E-state index contributed by atoms with van der Waals surface area (Å²) in [7, 11) is 1.87. The number of amides is 1. The first-order valence-electron chi connectivity index (χ1n) is 5.23. The highest BCUT2D eigenvalue weighted by molar-refractivity contribution is 5.87. The van der Waals surface area contributed by atoms with E-state index in [0.29, 0.717) is 19.7 Å². The Hall–Kier alpha value is -1.62. The maximum absolute atomic E-state index is 11.5. The van der Waals surface area contributed by atoms with Gasteiger partial charge in [0.2, 0.25) is 5.91 Å². The van der Waals surface area contributed by atoms with Crippen LogP contribution in [0.25, 0.3) is 0 Å². The number of hydrogen-bond acceptors (Lipinski definition) is 3. The van der Waals surface area contributed by atoms with E-state index < -0.39 is 0 Å². The molecule has 1 aliphatic heterocycles. The normalized spacial score (nSPS) is 20.8. The highest BCUT2D eigenvalue weighted by Crippen LogP contribution is 2.21. The summed E-state index contributed by atoms with van der Waals surface area (Å²) in [6.07, 6.45) is 2.98. The largest absolute Gasteiger partial charge is 0.368 e. The molecule has 16 heavy (non-hydrogen) atoms. The van der Waals surface area contributed by atoms with Gasteiger partial charge in [-0.3, -0.25) is 9.48 Å². The maximum Gasteiger partial charge on any atom is 0.246 e. The Morgan fingerprint density at radius 3 is 3.19 bits per heavy atom. The zero-order valence-electron chi connectivity index (χ0n) is 9.30. The molecule has 0 aromatic carbocycles. The Morgan fingerprint density at radius 2 is 2.56 bits per heavy atom. The molecule has 1 amide bonds. The zero-order chi connectivity index (χ0) is 11.5. The summed E-state index contributed by atoms with van der Waals surface area (Å²) in [6, 6.07) is 1.91. The third-order valence-corrected chi connectivity index (χ3v) is 2.74. The van der Waals surface area contributed by atoms with Crippen LogP contribution in [0.4, 0.5) is 0 Å². The third kappa shape index (κ3) is 1.99. The van der Waals surface area contributed by atoms with Crippen molar-refractivity contribution in [3.63, 3.8) is 0 Å². The van der Waals surface area contributed by atoms with Crippen LogP contribution in [0.2, 0.25) is 0 Å². The summed E-state index contributed by atoms with van der Waals surface area (Å²) < 4.78 is 7.41. The van der Waals surface area contributed by atoms with Crippen LogP contribution in [0.5, 0.6) is 0 Å². The van der Waals surface area contributed by atoms with Gasteiger partial charge in [0.25, 0.3) is 0 Å². The van der Waals surface area contributed by atoms with Crippen LogP contribution in [-0.2, 0) is 16.6 Å². The van der Waals surface area contributed by atoms with Gasteiger partial charge in [-0.15, -0.1) is 0 Å². The van der Waals surface area contributed by atoms with Crippen molar-refractivity contribution in [3.05, 3.63) is 30.6 Å². The Morgan fingerprint density at radius 1 is 1.75 bits per heavy atom. The Labute approximate surface area is 94.3 Å². The summed E-state index contributed by atoms with van der Waals surface area (Å²) in [5.74, 6) is -0.0459. The van der Waals surface area contributed by atoms with E-state index in [9.17, 15) is 4.79 Å². The van der Waals surface area contributed by atoms with Crippen LogP contribution in [-0.4, -0.2) is 40.3 Å². The summed E-state index contributed by atoms with van der Waals surface area (Å²) in [6.45, 7) is 5.23. The van der Waals surface area contributed by atoms with Crippen molar-refractivity contribution in [3.8, 4) is 0 Å². The predicted octanol–water partition coefficient (Wildman–Crippen LogP) is 0.506. The molecule has 2 heterocycles. The lowest BCUT2D eigenvalue weighted by Gasteiger charge is -2.32. The van der Waals surface area contributed by atoms with Gasteiger partial charge in [-0.1, -0.05) is 6.58 Å². The molecule has 1 atom stereocenters. The molecule has 0 radical (unpaired) electrons. The van der Waals surface area contributed by atoms with Gasteiger partial charge in [0, 0.05) is 19.8 Å². The fourth-order valence-corrected chi connectivity index (χ4v) is 1.86. The van der Waals surface area contributed by atoms with Gasteiger partial charge in [0.1, 0.15) is 6.10 Å². The molecular formula is C11H15N3O2. The van der Waals surface area contributed by atoms with E-state index >= 15 is 0 Å². The summed E-state index contributed by atoms with van der Waals surface area (Å²) in [5.41, 5.74) is 0.988. The SMILES string of the molecule is C=CC(=O)N1CCOC(c2ccnn2C)C1. The van der Waals surface area contributed by atoms with Crippen LogP contribution in [0.1, 0.15) is 11.8 Å². The van der Waals surface area contributed by atoms with E-state index in [1.165, 1.54) is 6.08 Å². The molecule has 1 fully saturated rings. The van der Waals surface area contributed by atoms with Crippen LogP contribution in [0.3, 0.4) is 0 Å². The zero-order valence-corrected chi connectivity index (χ0v) is 9.30. The average Bonchev–Trinajstić information content (AvgIpc) is 2.74. The Bertz CT molecular complexity index is 400. The molecule has 1 unspecified atom stereocenters. The fraction of sp³-hybridized carbons (Fsp3) is 0.455. The number of rotatable bonds is 2. The number of aryl methyl sites for hydroxylation is 1. The van der Waals surface area contributed by atoms with Crippen LogP contribution >= 0.6 is 0 Å². The van der Waals surface area contributed by atoms with E-state index in [1.807, 2.05) is 13.1 Å². The number of aromatic nitrogens is 2. The second-order valence-corrected chi connectivity index (χ2v) is 3.73. The minimum Gasteiger partial charge on any atom is -0.368 e. The fourth-order valence-electron chi connectivity index (χ4n) is 1.86. The lowest BCUT2D eigenvalue weighted by atomic mass is 10.2. The van der Waals surface area contributed by atoms with Crippen molar-refractivity contribution >= 4 is 5.91 Å². The molecule has 0 N–H and O–H groups in total. The van der Waals surface area contributed by atoms with Gasteiger partial charge in [-0.05, 0) is 12.1 Å². The number of hydrogen-bond donors (Lipinski definition) is 0. The number of nitrogens with zero attached hydrogens (tertiary/aromatic N) is 3. The lowest BCUT2D eigenvalue weighted by molar-refractivity contribution is -0.134. The van der Waals surface area contributed by atoms with Gasteiger partial charge in [0.05, 0.1) is 18.8 Å². The smallest absolute Gasteiger partial charge is 0.246 e. The quantitative estimate of drug-likeness (QED) is 0.683. The molecule has 0 saturated carbocycles. The summed E-state index contributed by atoms with van der Waals surface area (Å²) in [5, 5.41) is 4.09. The van der Waals surface area contributed by atoms with Crippen LogP contribution < -0.4 is 0 Å². The minimum atomic E-state index is -0.0925. The first-order chi connectivity index (χ1) is 7.72. The second kappa shape index (κ2) is 4.49. The van der Waals surface area contributed by atoms with Gasteiger partial charge >= 0.3 is 0 Å². The molecule has 5 heteroatoms. The molecule has 86 valence electrons. The number of ether oxygens (including phenoxy) is 1. The first kappa shape index (κ1) is 10.9. The molecule has 1 saturated heterocycles. The van der Waals surface area contributed by atoms with Crippen molar-refractivity contribution in [1.82, 2.24) is 14.7 Å². The number of morpholine rings is 1. The number of carbonyl (C=O) groups is 1. The monoisotopic (exact) mass is 221 g/mol. The summed E-state index contributed by atoms with van der Waals surface area (Å²) >= 11 is 0. The van der Waals surface area contributed by atoms with Crippen LogP contribution in [0.15, 0.2) is 24.9 Å². The standard InChI is InChI=1S/C11H15N3O2/c1-3-11(15)14-6-7-16-10(8-14)9-4-5-12-13(9)2/h3-5,10H,1,6-8H2,2H3. The van der Waals surface area contributed by atoms with E-state index in [4.69, 9.17) is 4.74 Å². The average molecular weight is 221 g/mol. The highest BCUT2D eigenvalue weighted by atomic mass is 16.5. The Kier molecular flexibility index (Phi) is 3.05. The van der Waals surface area contributed by atoms with Crippen molar-refractivity contribution in [1.29, 1.82) is 0 Å². The van der Waals surface area contributed by atoms with Crippen molar-refractivity contribution in [2.75, 3.05) is 19.7 Å². The second-order valence-electron chi connectivity index (χ2n) is 3.73. The van der Waals surface area contributed by atoms with Crippen molar-refractivity contribution < 1.29 is 9.53 Å². The van der Waals surface area contributed by atoms with Gasteiger partial charge in [0.15, 0.2) is 0 Å². The van der Waals surface area contributed by atoms with Crippen LogP contribution in [0, 0.1) is 0 Å². The van der Waals surface area contributed by atoms with E-state index in [2.05, 4.69) is 11.7 Å². The molecule has 2 rings (SSSR count). The van der Waals surface area contributed by atoms with Gasteiger partial charge < -0.3 is 9.64 Å². The molecule has 0 aliphatic carbocycles. The highest BCUT2D eigenvalue weighted by Gasteiger charge is 2.25. The minimum absolute atomic E-state index is 0.0459. The Balaban J connectivity index is 2.10. The third-order valence-electron chi connectivity index (χ3n) is 2.74. The van der Waals surface area contributed by atoms with E-state index in [0.717, 1.165) is 5.69 Å². The van der Waals surface area contributed by atoms with Crippen molar-refractivity contribution in [2.45, 2.75) is 6.10 Å². The van der Waals surface area contributed by atoms with Gasteiger partial charge in [-0.2, -0.15) is 5.10 Å². The van der Waals surface area contributed by atoms with E-state index in [-0.39, 0.29) is 12.0 Å². The molecule has 0 bridgehead atoms. The molecule has 0 spiro atoms. The maximum atomic E-state index is 11.5. The molecule has 5 nitrogen and oxygen atoms in total. The number of carbonyl (C=O) groups excluding carboxylic acids is 1. The molecule has 1 aliphatic rings. The van der Waals surface area contributed by atoms with Gasteiger partial charge in [-0.25, -0.2) is 0 Å². The first-order valence-corrected chi connectivity index (χ1v) is 5.23. The predicted molar refractivity (Wildman–Crippen MR) is 58.7 cm³/mol. The molecular weight excluding hydrogens is 206 g/mol. The molecule has 1 aromatic heterocycles. The van der Waals surface area contributed by atoms with Crippen molar-refractivity contribution in [2.24, 2.45) is 7.05 Å². The molecule has 1 aromatic rings. The van der Waals surface area contributed by atoms with E-state index in [1.54, 1.807) is 15.8 Å². The summed E-state index contributed by atoms with van der Waals surface area (Å²) in [4.78, 5) is 13.2.